The van der Waals surface area contributed by atoms with E-state index in [9.17, 15) is 9.18 Å². The number of halogens is 2. The quantitative estimate of drug-likeness (QED) is 0.757. The molecular weight excluding hydrogens is 361 g/mol. The fourth-order valence-corrected chi connectivity index (χ4v) is 2.64. The van der Waals surface area contributed by atoms with E-state index in [2.05, 4.69) is 26.2 Å². The van der Waals surface area contributed by atoms with Crippen LogP contribution in [0.25, 0.3) is 5.69 Å². The minimum absolute atomic E-state index is 0.244. The highest BCUT2D eigenvalue weighted by Crippen LogP contribution is 2.14. The smallest absolute Gasteiger partial charge is 0.270 e. The van der Waals surface area contributed by atoms with Crippen LogP contribution in [0.3, 0.4) is 0 Å². The highest BCUT2D eigenvalue weighted by atomic mass is 79.9. The van der Waals surface area contributed by atoms with Gasteiger partial charge in [0.2, 0.25) is 0 Å². The van der Waals surface area contributed by atoms with Crippen molar-refractivity contribution in [3.63, 3.8) is 0 Å². The number of carbonyl (C=O) groups is 1. The molecule has 0 fully saturated rings. The van der Waals surface area contributed by atoms with E-state index in [0.29, 0.717) is 17.9 Å². The van der Waals surface area contributed by atoms with Crippen LogP contribution in [0.5, 0.6) is 0 Å². The van der Waals surface area contributed by atoms with Gasteiger partial charge in [0.25, 0.3) is 5.91 Å². The average molecular weight is 374 g/mol. The monoisotopic (exact) mass is 373 g/mol. The summed E-state index contributed by atoms with van der Waals surface area (Å²) in [6.45, 7) is 0.410. The highest BCUT2D eigenvalue weighted by Gasteiger charge is 2.13. The maximum Gasteiger partial charge on any atom is 0.270 e. The summed E-state index contributed by atoms with van der Waals surface area (Å²) >= 11 is 3.40. The number of imidazole rings is 1. The molecule has 0 bridgehead atoms. The van der Waals surface area contributed by atoms with Crippen molar-refractivity contribution in [1.82, 2.24) is 14.9 Å². The Balaban J connectivity index is 1.76. The number of hydrogen-bond donors (Lipinski definition) is 1. The predicted octanol–water partition coefficient (Wildman–Crippen LogP) is 3.70. The number of benzene rings is 2. The fourth-order valence-electron chi connectivity index (χ4n) is 2.19. The molecule has 0 saturated carbocycles. The number of nitrogens with zero attached hydrogens (tertiary/aromatic N) is 2. The zero-order valence-electron chi connectivity index (χ0n) is 12.0. The molecule has 0 spiro atoms. The summed E-state index contributed by atoms with van der Waals surface area (Å²) in [6, 6.07) is 13.6. The summed E-state index contributed by atoms with van der Waals surface area (Å²) < 4.78 is 15.6. The van der Waals surface area contributed by atoms with Crippen LogP contribution in [0.1, 0.15) is 16.1 Å². The van der Waals surface area contributed by atoms with Crippen molar-refractivity contribution >= 4 is 21.8 Å². The molecule has 0 aliphatic heterocycles. The molecule has 0 unspecified atom stereocenters. The zero-order chi connectivity index (χ0) is 16.2. The first kappa shape index (κ1) is 15.4. The second-order valence-electron chi connectivity index (χ2n) is 4.94. The number of rotatable bonds is 4. The van der Waals surface area contributed by atoms with Gasteiger partial charge in [0.15, 0.2) is 0 Å². The number of aromatic nitrogens is 2. The Hall–Kier alpha value is -2.47. The van der Waals surface area contributed by atoms with Gasteiger partial charge in [0.05, 0.1) is 12.5 Å². The Morgan fingerprint density at radius 3 is 2.74 bits per heavy atom. The Kier molecular flexibility index (Phi) is 4.52. The van der Waals surface area contributed by atoms with Crippen LogP contribution in [-0.2, 0) is 6.54 Å². The molecular formula is C17H13BrFN3O. The van der Waals surface area contributed by atoms with Crippen molar-refractivity contribution in [2.75, 3.05) is 0 Å². The molecule has 23 heavy (non-hydrogen) atoms. The number of nitrogens with one attached hydrogen (secondary N) is 1. The van der Waals surface area contributed by atoms with Gasteiger partial charge >= 0.3 is 0 Å². The summed E-state index contributed by atoms with van der Waals surface area (Å²) in [5.74, 6) is -0.568. The van der Waals surface area contributed by atoms with E-state index in [1.165, 1.54) is 24.7 Å². The van der Waals surface area contributed by atoms with E-state index in [-0.39, 0.29) is 11.7 Å². The summed E-state index contributed by atoms with van der Waals surface area (Å²) in [5, 5.41) is 2.86. The van der Waals surface area contributed by atoms with E-state index in [1.54, 1.807) is 16.7 Å². The lowest BCUT2D eigenvalue weighted by molar-refractivity contribution is 0.0944. The van der Waals surface area contributed by atoms with Crippen LogP contribution in [-0.4, -0.2) is 15.5 Å². The Labute approximate surface area is 141 Å². The van der Waals surface area contributed by atoms with Gasteiger partial charge in [0.1, 0.15) is 11.5 Å². The zero-order valence-corrected chi connectivity index (χ0v) is 13.6. The molecule has 1 N–H and O–H groups in total. The molecule has 1 aromatic heterocycles. The standard InChI is InChI=1S/C17H13BrFN3O/c18-13-3-1-2-12(8-13)9-21-17(23)16-10-20-11-22(16)15-6-4-14(19)5-7-15/h1-8,10-11H,9H2,(H,21,23). The molecule has 3 aromatic rings. The molecule has 1 heterocycles. The van der Waals surface area contributed by atoms with E-state index in [4.69, 9.17) is 0 Å². The molecule has 0 atom stereocenters. The molecule has 0 radical (unpaired) electrons. The summed E-state index contributed by atoms with van der Waals surface area (Å²) in [7, 11) is 0. The van der Waals surface area contributed by atoms with Gasteiger partial charge in [-0.2, -0.15) is 0 Å². The van der Waals surface area contributed by atoms with Crippen molar-refractivity contribution in [3.8, 4) is 5.69 Å². The van der Waals surface area contributed by atoms with Crippen LogP contribution in [0, 0.1) is 5.82 Å². The maximum absolute atomic E-state index is 13.0. The van der Waals surface area contributed by atoms with Crippen molar-refractivity contribution in [1.29, 1.82) is 0 Å². The largest absolute Gasteiger partial charge is 0.347 e. The van der Waals surface area contributed by atoms with Crippen molar-refractivity contribution in [3.05, 3.63) is 82.6 Å². The Bertz CT molecular complexity index is 830. The minimum Gasteiger partial charge on any atom is -0.347 e. The maximum atomic E-state index is 13.0. The van der Waals surface area contributed by atoms with E-state index in [1.807, 2.05) is 24.3 Å². The highest BCUT2D eigenvalue weighted by molar-refractivity contribution is 9.10. The van der Waals surface area contributed by atoms with Gasteiger partial charge in [0, 0.05) is 16.7 Å². The summed E-state index contributed by atoms with van der Waals surface area (Å²) in [6.07, 6.45) is 3.01. The molecule has 1 amide bonds. The summed E-state index contributed by atoms with van der Waals surface area (Å²) in [5.41, 5.74) is 2.06. The van der Waals surface area contributed by atoms with Crippen LogP contribution in [0.4, 0.5) is 4.39 Å². The molecule has 0 aliphatic carbocycles. The van der Waals surface area contributed by atoms with Crippen LogP contribution in [0.15, 0.2) is 65.5 Å². The van der Waals surface area contributed by atoms with Crippen molar-refractivity contribution in [2.45, 2.75) is 6.54 Å². The molecule has 0 saturated heterocycles. The topological polar surface area (TPSA) is 46.9 Å². The van der Waals surface area contributed by atoms with Gasteiger partial charge in [-0.1, -0.05) is 28.1 Å². The fraction of sp³-hybridized carbons (Fsp3) is 0.0588. The molecule has 6 heteroatoms. The second kappa shape index (κ2) is 6.75. The predicted molar refractivity (Wildman–Crippen MR) is 88.8 cm³/mol. The average Bonchev–Trinajstić information content (AvgIpc) is 3.03. The van der Waals surface area contributed by atoms with E-state index >= 15 is 0 Å². The third kappa shape index (κ3) is 3.65. The van der Waals surface area contributed by atoms with Crippen molar-refractivity contribution < 1.29 is 9.18 Å². The molecule has 3 rings (SSSR count). The van der Waals surface area contributed by atoms with Gasteiger partial charge in [-0.05, 0) is 42.0 Å². The first-order valence-corrected chi connectivity index (χ1v) is 7.74. The first-order valence-electron chi connectivity index (χ1n) is 6.94. The normalized spacial score (nSPS) is 10.5. The lowest BCUT2D eigenvalue weighted by Gasteiger charge is -2.09. The molecule has 2 aromatic carbocycles. The molecule has 116 valence electrons. The van der Waals surface area contributed by atoms with Gasteiger partial charge in [-0.25, -0.2) is 9.37 Å². The molecule has 0 aliphatic rings. The Morgan fingerprint density at radius 2 is 2.00 bits per heavy atom. The minimum atomic E-state index is -0.325. The van der Waals surface area contributed by atoms with Crippen molar-refractivity contribution in [2.24, 2.45) is 0 Å². The lowest BCUT2D eigenvalue weighted by atomic mass is 10.2. The van der Waals surface area contributed by atoms with Crippen LogP contribution < -0.4 is 5.32 Å². The van der Waals surface area contributed by atoms with E-state index < -0.39 is 0 Å². The van der Waals surface area contributed by atoms with Gasteiger partial charge in [-0.15, -0.1) is 0 Å². The third-order valence-electron chi connectivity index (χ3n) is 3.32. The number of carbonyl (C=O) groups excluding carboxylic acids is 1. The number of hydrogen-bond acceptors (Lipinski definition) is 2. The number of amides is 1. The van der Waals surface area contributed by atoms with E-state index in [0.717, 1.165) is 10.0 Å². The lowest BCUT2D eigenvalue weighted by Crippen LogP contribution is -2.25. The van der Waals surface area contributed by atoms with Gasteiger partial charge < -0.3 is 5.32 Å². The summed E-state index contributed by atoms with van der Waals surface area (Å²) in [4.78, 5) is 16.4. The SMILES string of the molecule is O=C(NCc1cccc(Br)c1)c1cncn1-c1ccc(F)cc1. The molecule has 4 nitrogen and oxygen atoms in total. The third-order valence-corrected chi connectivity index (χ3v) is 3.81. The first-order chi connectivity index (χ1) is 11.1. The van der Waals surface area contributed by atoms with Crippen LogP contribution >= 0.6 is 15.9 Å². The van der Waals surface area contributed by atoms with Gasteiger partial charge in [-0.3, -0.25) is 9.36 Å². The second-order valence-corrected chi connectivity index (χ2v) is 5.85. The van der Waals surface area contributed by atoms with Crippen LogP contribution in [0.2, 0.25) is 0 Å². The Morgan fingerprint density at radius 1 is 1.22 bits per heavy atom.